The maximum absolute atomic E-state index is 13.4. The van der Waals surface area contributed by atoms with Gasteiger partial charge in [0.1, 0.15) is 17.2 Å². The van der Waals surface area contributed by atoms with E-state index in [-0.39, 0.29) is 10.8 Å². The monoisotopic (exact) mass is 538 g/mol. The SMILES string of the molecule is O=C1/C(=C/c2ccc(-c3ccc(S(=O)(=O)O)cc3)o2)C(c2ccccc2)=NN1c1ccc(Cl)c(Cl)c1. The van der Waals surface area contributed by atoms with Crippen LogP contribution in [0.4, 0.5) is 5.69 Å². The van der Waals surface area contributed by atoms with Gasteiger partial charge in [-0.15, -0.1) is 0 Å². The summed E-state index contributed by atoms with van der Waals surface area (Å²) in [5, 5.41) is 6.48. The Kier molecular flexibility index (Phi) is 6.27. The third-order valence-corrected chi connectivity index (χ3v) is 7.03. The second-order valence-corrected chi connectivity index (χ2v) is 10.0. The van der Waals surface area contributed by atoms with Gasteiger partial charge in [0.15, 0.2) is 0 Å². The number of nitrogens with zero attached hydrogens (tertiary/aromatic N) is 2. The summed E-state index contributed by atoms with van der Waals surface area (Å²) in [7, 11) is -4.30. The van der Waals surface area contributed by atoms with Gasteiger partial charge < -0.3 is 4.42 Å². The molecule has 1 aliphatic heterocycles. The van der Waals surface area contributed by atoms with Gasteiger partial charge in [0.25, 0.3) is 16.0 Å². The largest absolute Gasteiger partial charge is 0.457 e. The van der Waals surface area contributed by atoms with E-state index in [0.29, 0.717) is 44.1 Å². The maximum Gasteiger partial charge on any atom is 0.294 e. The molecule has 4 aromatic rings. The molecule has 0 bridgehead atoms. The highest BCUT2D eigenvalue weighted by Gasteiger charge is 2.32. The van der Waals surface area contributed by atoms with Gasteiger partial charge in [0.2, 0.25) is 0 Å². The van der Waals surface area contributed by atoms with Crippen molar-refractivity contribution >= 4 is 56.7 Å². The summed E-state index contributed by atoms with van der Waals surface area (Å²) in [5.41, 5.74) is 2.58. The number of anilines is 1. The Bertz CT molecular complexity index is 1640. The van der Waals surface area contributed by atoms with Crippen LogP contribution in [-0.2, 0) is 14.9 Å². The fourth-order valence-corrected chi connectivity index (χ4v) is 4.44. The second-order valence-electron chi connectivity index (χ2n) is 7.79. The highest BCUT2D eigenvalue weighted by Crippen LogP contribution is 2.33. The molecule has 36 heavy (non-hydrogen) atoms. The van der Waals surface area contributed by atoms with E-state index in [4.69, 9.17) is 27.6 Å². The average Bonchev–Trinajstić information content (AvgIpc) is 3.46. The van der Waals surface area contributed by atoms with Gasteiger partial charge in [-0.2, -0.15) is 18.5 Å². The zero-order chi connectivity index (χ0) is 25.4. The minimum absolute atomic E-state index is 0.220. The summed E-state index contributed by atoms with van der Waals surface area (Å²) in [6.07, 6.45) is 1.60. The number of benzene rings is 3. The molecular formula is C26H16Cl2N2O5S. The van der Waals surface area contributed by atoms with E-state index < -0.39 is 10.1 Å². The molecule has 180 valence electrons. The van der Waals surface area contributed by atoms with Crippen molar-refractivity contribution in [1.29, 1.82) is 0 Å². The van der Waals surface area contributed by atoms with Crippen LogP contribution in [0.15, 0.2) is 105 Å². The maximum atomic E-state index is 13.4. The Balaban J connectivity index is 1.52. The van der Waals surface area contributed by atoms with Gasteiger partial charge in [-0.3, -0.25) is 9.35 Å². The number of rotatable bonds is 5. The molecule has 3 aromatic carbocycles. The molecule has 7 nitrogen and oxygen atoms in total. The van der Waals surface area contributed by atoms with Gasteiger partial charge in [0.05, 0.1) is 26.2 Å². The van der Waals surface area contributed by atoms with E-state index in [2.05, 4.69) is 5.10 Å². The first-order valence-corrected chi connectivity index (χ1v) is 12.7. The number of hydrazone groups is 1. The lowest BCUT2D eigenvalue weighted by Gasteiger charge is -2.12. The first kappa shape index (κ1) is 24.0. The number of halogens is 2. The predicted molar refractivity (Wildman–Crippen MR) is 139 cm³/mol. The highest BCUT2D eigenvalue weighted by atomic mass is 35.5. The van der Waals surface area contributed by atoms with Crippen LogP contribution >= 0.6 is 23.2 Å². The second kappa shape index (κ2) is 9.40. The van der Waals surface area contributed by atoms with E-state index in [9.17, 15) is 17.8 Å². The molecule has 1 N–H and O–H groups in total. The van der Waals surface area contributed by atoms with Crippen molar-refractivity contribution in [2.75, 3.05) is 5.01 Å². The van der Waals surface area contributed by atoms with Crippen LogP contribution in [0.1, 0.15) is 11.3 Å². The van der Waals surface area contributed by atoms with Crippen LogP contribution in [0.5, 0.6) is 0 Å². The Morgan fingerprint density at radius 1 is 0.861 bits per heavy atom. The molecular weight excluding hydrogens is 523 g/mol. The molecule has 0 spiro atoms. The molecule has 0 aliphatic carbocycles. The van der Waals surface area contributed by atoms with Crippen molar-refractivity contribution in [3.05, 3.63) is 112 Å². The Morgan fingerprint density at radius 2 is 1.58 bits per heavy atom. The number of furan rings is 1. The molecule has 0 radical (unpaired) electrons. The lowest BCUT2D eigenvalue weighted by Crippen LogP contribution is -2.21. The van der Waals surface area contributed by atoms with Crippen molar-refractivity contribution in [1.82, 2.24) is 0 Å². The molecule has 0 fully saturated rings. The van der Waals surface area contributed by atoms with Gasteiger partial charge in [0, 0.05) is 11.1 Å². The molecule has 0 saturated heterocycles. The summed E-state index contributed by atoms with van der Waals surface area (Å²) in [6.45, 7) is 0. The Hall–Kier alpha value is -3.69. The molecule has 0 unspecified atom stereocenters. The third kappa shape index (κ3) is 4.72. The summed E-state index contributed by atoms with van der Waals surface area (Å²) < 4.78 is 37.7. The van der Waals surface area contributed by atoms with E-state index in [0.717, 1.165) is 5.56 Å². The quantitative estimate of drug-likeness (QED) is 0.236. The molecule has 1 aromatic heterocycles. The van der Waals surface area contributed by atoms with E-state index in [1.807, 2.05) is 30.3 Å². The van der Waals surface area contributed by atoms with Crippen molar-refractivity contribution in [3.63, 3.8) is 0 Å². The molecule has 0 atom stereocenters. The van der Waals surface area contributed by atoms with E-state index >= 15 is 0 Å². The summed E-state index contributed by atoms with van der Waals surface area (Å²) in [4.78, 5) is 13.2. The van der Waals surface area contributed by atoms with Crippen LogP contribution in [0.2, 0.25) is 10.0 Å². The van der Waals surface area contributed by atoms with Crippen molar-refractivity contribution < 1.29 is 22.2 Å². The average molecular weight is 539 g/mol. The van der Waals surface area contributed by atoms with Gasteiger partial charge in [-0.05, 0) is 60.7 Å². The molecule has 2 heterocycles. The van der Waals surface area contributed by atoms with Crippen molar-refractivity contribution in [3.8, 4) is 11.3 Å². The topological polar surface area (TPSA) is 100 Å². The molecule has 0 saturated carbocycles. The van der Waals surface area contributed by atoms with E-state index in [1.165, 1.54) is 29.3 Å². The van der Waals surface area contributed by atoms with Crippen LogP contribution in [0.25, 0.3) is 17.4 Å². The van der Waals surface area contributed by atoms with Crippen LogP contribution in [0, 0.1) is 0 Å². The van der Waals surface area contributed by atoms with Crippen molar-refractivity contribution in [2.24, 2.45) is 5.10 Å². The highest BCUT2D eigenvalue weighted by molar-refractivity contribution is 7.85. The van der Waals surface area contributed by atoms with E-state index in [1.54, 1.807) is 36.4 Å². The summed E-state index contributed by atoms with van der Waals surface area (Å²) in [5.74, 6) is 0.475. The number of hydrogen-bond acceptors (Lipinski definition) is 5. The lowest BCUT2D eigenvalue weighted by molar-refractivity contribution is -0.114. The third-order valence-electron chi connectivity index (χ3n) is 5.42. The number of hydrogen-bond donors (Lipinski definition) is 1. The molecule has 10 heteroatoms. The summed E-state index contributed by atoms with van der Waals surface area (Å²) >= 11 is 12.2. The molecule has 5 rings (SSSR count). The molecule has 1 aliphatic rings. The van der Waals surface area contributed by atoms with Crippen LogP contribution in [0.3, 0.4) is 0 Å². The van der Waals surface area contributed by atoms with Crippen LogP contribution < -0.4 is 5.01 Å². The minimum atomic E-state index is -4.30. The summed E-state index contributed by atoms with van der Waals surface area (Å²) in [6, 6.07) is 23.1. The Labute approximate surface area is 216 Å². The normalized spacial score (nSPS) is 15.0. The van der Waals surface area contributed by atoms with Crippen molar-refractivity contribution in [2.45, 2.75) is 4.90 Å². The van der Waals surface area contributed by atoms with Gasteiger partial charge >= 0.3 is 0 Å². The minimum Gasteiger partial charge on any atom is -0.457 e. The van der Waals surface area contributed by atoms with Crippen LogP contribution in [-0.4, -0.2) is 24.6 Å². The van der Waals surface area contributed by atoms with Gasteiger partial charge in [-0.1, -0.05) is 53.5 Å². The first-order chi connectivity index (χ1) is 17.2. The smallest absolute Gasteiger partial charge is 0.294 e. The predicted octanol–water partition coefficient (Wildman–Crippen LogP) is 6.33. The molecule has 1 amide bonds. The van der Waals surface area contributed by atoms with Gasteiger partial charge in [-0.25, -0.2) is 0 Å². The first-order valence-electron chi connectivity index (χ1n) is 10.5. The number of carbonyl (C=O) groups is 1. The number of amides is 1. The lowest BCUT2D eigenvalue weighted by atomic mass is 10.0. The number of carbonyl (C=O) groups excluding carboxylic acids is 1. The zero-order valence-corrected chi connectivity index (χ0v) is 20.6. The zero-order valence-electron chi connectivity index (χ0n) is 18.3. The Morgan fingerprint density at radius 3 is 2.25 bits per heavy atom. The fraction of sp³-hybridized carbons (Fsp3) is 0. The standard InChI is InChI=1S/C26H16Cl2N2O5S/c27-22-12-8-18(14-23(22)28)30-26(31)21(25(29-30)17-4-2-1-3-5-17)15-19-9-13-24(35-19)16-6-10-20(11-7-16)36(32,33)34/h1-15H,(H,32,33,34)/b21-15+. The fourth-order valence-electron chi connectivity index (χ4n) is 3.66.